The van der Waals surface area contributed by atoms with Crippen molar-refractivity contribution in [2.45, 2.75) is 20.8 Å². The lowest BCUT2D eigenvalue weighted by Crippen LogP contribution is -2.15. The van der Waals surface area contributed by atoms with Gasteiger partial charge in [-0.2, -0.15) is 0 Å². The van der Waals surface area contributed by atoms with E-state index in [2.05, 4.69) is 0 Å². The highest BCUT2D eigenvalue weighted by atomic mass is 16.6. The summed E-state index contributed by atoms with van der Waals surface area (Å²) in [6, 6.07) is 5.20. The highest BCUT2D eigenvalue weighted by Gasteiger charge is 2.13. The van der Waals surface area contributed by atoms with Gasteiger partial charge in [0.1, 0.15) is 6.61 Å². The zero-order valence-electron chi connectivity index (χ0n) is 12.7. The predicted molar refractivity (Wildman–Crippen MR) is 79.1 cm³/mol. The van der Waals surface area contributed by atoms with Crippen molar-refractivity contribution in [1.82, 2.24) is 0 Å². The van der Waals surface area contributed by atoms with Gasteiger partial charge in [0.15, 0.2) is 11.5 Å². The molecule has 0 spiro atoms. The first kappa shape index (κ1) is 16.8. The zero-order valence-corrected chi connectivity index (χ0v) is 12.7. The second kappa shape index (κ2) is 8.09. The Morgan fingerprint density at radius 2 is 1.95 bits per heavy atom. The number of carbonyl (C=O) groups excluding carboxylic acids is 2. The minimum absolute atomic E-state index is 0.210. The summed E-state index contributed by atoms with van der Waals surface area (Å²) in [4.78, 5) is 22.2. The largest absolute Gasteiger partial charge is 0.493 e. The average molecular weight is 292 g/mol. The van der Waals surface area contributed by atoms with Crippen LogP contribution < -0.4 is 9.47 Å². The van der Waals surface area contributed by atoms with E-state index in [4.69, 9.17) is 14.2 Å². The summed E-state index contributed by atoms with van der Waals surface area (Å²) < 4.78 is 15.3. The summed E-state index contributed by atoms with van der Waals surface area (Å²) in [6.07, 6.45) is 3.51. The summed E-state index contributed by atoms with van der Waals surface area (Å²) in [6.45, 7) is 5.10. The third kappa shape index (κ3) is 5.69. The molecule has 0 fully saturated rings. The van der Waals surface area contributed by atoms with Crippen LogP contribution in [0.4, 0.5) is 0 Å². The Balaban J connectivity index is 2.78. The maximum Gasteiger partial charge on any atom is 0.313 e. The maximum absolute atomic E-state index is 11.6. The Labute approximate surface area is 124 Å². The number of hydrogen-bond donors (Lipinski definition) is 0. The molecule has 0 N–H and O–H groups in total. The van der Waals surface area contributed by atoms with Gasteiger partial charge >= 0.3 is 11.9 Å². The maximum atomic E-state index is 11.6. The SMILES string of the molecule is COc1cc(/C=C\COC(C)=O)ccc1OC(=O)C(C)C. The first-order chi connectivity index (χ1) is 9.93. The molecule has 0 atom stereocenters. The number of esters is 2. The fourth-order valence-electron chi connectivity index (χ4n) is 1.45. The van der Waals surface area contributed by atoms with Gasteiger partial charge < -0.3 is 14.2 Å². The molecule has 114 valence electrons. The van der Waals surface area contributed by atoms with Gasteiger partial charge in [-0.1, -0.05) is 26.0 Å². The van der Waals surface area contributed by atoms with E-state index in [0.717, 1.165) is 5.56 Å². The molecule has 1 aromatic carbocycles. The standard InChI is InChI=1S/C16H20O5/c1-11(2)16(18)21-14-8-7-13(10-15(14)19-4)6-5-9-20-12(3)17/h5-8,10-11H,9H2,1-4H3/b6-5-. The summed E-state index contributed by atoms with van der Waals surface area (Å²) in [5.74, 6) is 0.00427. The average Bonchev–Trinajstić information content (AvgIpc) is 2.44. The summed E-state index contributed by atoms with van der Waals surface area (Å²) in [5.41, 5.74) is 0.850. The highest BCUT2D eigenvalue weighted by Crippen LogP contribution is 2.29. The highest BCUT2D eigenvalue weighted by molar-refractivity contribution is 5.75. The lowest BCUT2D eigenvalue weighted by Gasteiger charge is -2.11. The number of ether oxygens (including phenoxy) is 3. The van der Waals surface area contributed by atoms with Gasteiger partial charge in [0.25, 0.3) is 0 Å². The summed E-state index contributed by atoms with van der Waals surface area (Å²) in [5, 5.41) is 0. The zero-order chi connectivity index (χ0) is 15.8. The Morgan fingerprint density at radius 1 is 1.24 bits per heavy atom. The van der Waals surface area contributed by atoms with E-state index < -0.39 is 0 Å². The van der Waals surface area contributed by atoms with E-state index in [1.165, 1.54) is 14.0 Å². The predicted octanol–water partition coefficient (Wildman–Crippen LogP) is 2.83. The Bertz CT molecular complexity index is 531. The summed E-state index contributed by atoms with van der Waals surface area (Å²) >= 11 is 0. The molecule has 5 heteroatoms. The van der Waals surface area contributed by atoms with Crippen LogP contribution in [0.25, 0.3) is 6.08 Å². The van der Waals surface area contributed by atoms with Crippen LogP contribution in [-0.4, -0.2) is 25.7 Å². The number of methoxy groups -OCH3 is 1. The van der Waals surface area contributed by atoms with Crippen molar-refractivity contribution in [2.24, 2.45) is 5.92 Å². The smallest absolute Gasteiger partial charge is 0.313 e. The molecule has 0 aliphatic carbocycles. The van der Waals surface area contributed by atoms with E-state index >= 15 is 0 Å². The van der Waals surface area contributed by atoms with Crippen molar-refractivity contribution in [3.8, 4) is 11.5 Å². The van der Waals surface area contributed by atoms with Gasteiger partial charge in [0.05, 0.1) is 13.0 Å². The molecule has 0 aliphatic rings. The number of hydrogen-bond acceptors (Lipinski definition) is 5. The fourth-order valence-corrected chi connectivity index (χ4v) is 1.45. The van der Waals surface area contributed by atoms with Crippen molar-refractivity contribution in [3.05, 3.63) is 29.8 Å². The van der Waals surface area contributed by atoms with Gasteiger partial charge in [0.2, 0.25) is 0 Å². The molecule has 0 bridgehead atoms. The molecule has 0 amide bonds. The Hall–Kier alpha value is -2.30. The van der Waals surface area contributed by atoms with Gasteiger partial charge in [-0.3, -0.25) is 9.59 Å². The molecular weight excluding hydrogens is 272 g/mol. The van der Waals surface area contributed by atoms with Gasteiger partial charge in [0, 0.05) is 6.92 Å². The first-order valence-electron chi connectivity index (χ1n) is 6.63. The van der Waals surface area contributed by atoms with Crippen LogP contribution in [0.3, 0.4) is 0 Å². The van der Waals surface area contributed by atoms with E-state index in [-0.39, 0.29) is 24.5 Å². The topological polar surface area (TPSA) is 61.8 Å². The van der Waals surface area contributed by atoms with Crippen molar-refractivity contribution in [1.29, 1.82) is 0 Å². The third-order valence-corrected chi connectivity index (χ3v) is 2.56. The van der Waals surface area contributed by atoms with Crippen molar-refractivity contribution >= 4 is 18.0 Å². The fraction of sp³-hybridized carbons (Fsp3) is 0.375. The first-order valence-corrected chi connectivity index (χ1v) is 6.63. The molecule has 5 nitrogen and oxygen atoms in total. The molecule has 0 saturated heterocycles. The number of rotatable bonds is 6. The van der Waals surface area contributed by atoms with Crippen LogP contribution in [0, 0.1) is 5.92 Å². The molecular formula is C16H20O5. The van der Waals surface area contributed by atoms with Gasteiger partial charge in [-0.05, 0) is 23.8 Å². The molecule has 21 heavy (non-hydrogen) atoms. The summed E-state index contributed by atoms with van der Waals surface area (Å²) in [7, 11) is 1.51. The number of carbonyl (C=O) groups is 2. The van der Waals surface area contributed by atoms with Crippen LogP contribution in [0.2, 0.25) is 0 Å². The molecule has 0 heterocycles. The van der Waals surface area contributed by atoms with Crippen LogP contribution in [0.5, 0.6) is 11.5 Å². The van der Waals surface area contributed by atoms with Crippen molar-refractivity contribution in [3.63, 3.8) is 0 Å². The van der Waals surface area contributed by atoms with Crippen molar-refractivity contribution < 1.29 is 23.8 Å². The van der Waals surface area contributed by atoms with Gasteiger partial charge in [-0.25, -0.2) is 0 Å². The second-order valence-electron chi connectivity index (χ2n) is 4.69. The van der Waals surface area contributed by atoms with Gasteiger partial charge in [-0.15, -0.1) is 0 Å². The minimum atomic E-state index is -0.326. The van der Waals surface area contributed by atoms with Crippen molar-refractivity contribution in [2.75, 3.05) is 13.7 Å². The second-order valence-corrected chi connectivity index (χ2v) is 4.69. The molecule has 1 rings (SSSR count). The molecule has 0 unspecified atom stereocenters. The third-order valence-electron chi connectivity index (χ3n) is 2.56. The molecule has 1 aromatic rings. The van der Waals surface area contributed by atoms with Crippen LogP contribution in [0.1, 0.15) is 26.3 Å². The van der Waals surface area contributed by atoms with Crippen LogP contribution in [-0.2, 0) is 14.3 Å². The van der Waals surface area contributed by atoms with E-state index in [1.807, 2.05) is 0 Å². The quantitative estimate of drug-likeness (QED) is 0.596. The number of benzene rings is 1. The molecule has 0 aliphatic heterocycles. The Kier molecular flexibility index (Phi) is 6.46. The van der Waals surface area contributed by atoms with E-state index in [0.29, 0.717) is 11.5 Å². The molecule has 0 saturated carbocycles. The molecule has 0 radical (unpaired) electrons. The Morgan fingerprint density at radius 3 is 2.52 bits per heavy atom. The lowest BCUT2D eigenvalue weighted by molar-refractivity contribution is -0.140. The monoisotopic (exact) mass is 292 g/mol. The molecule has 0 aromatic heterocycles. The minimum Gasteiger partial charge on any atom is -0.493 e. The lowest BCUT2D eigenvalue weighted by atomic mass is 10.2. The van der Waals surface area contributed by atoms with E-state index in [9.17, 15) is 9.59 Å². The van der Waals surface area contributed by atoms with Crippen LogP contribution >= 0.6 is 0 Å². The van der Waals surface area contributed by atoms with E-state index in [1.54, 1.807) is 44.2 Å². The van der Waals surface area contributed by atoms with Crippen LogP contribution in [0.15, 0.2) is 24.3 Å². The normalized spacial score (nSPS) is 10.7.